The maximum Gasteiger partial charge on any atom is 0.311 e. The van der Waals surface area contributed by atoms with Gasteiger partial charge in [-0.25, -0.2) is 0 Å². The molecule has 4 nitrogen and oxygen atoms in total. The number of carbonyl (C=O) groups excluding carboxylic acids is 1. The highest BCUT2D eigenvalue weighted by Crippen LogP contribution is 2.75. The van der Waals surface area contributed by atoms with E-state index in [2.05, 4.69) is 36.5 Å². The quantitative estimate of drug-likeness (QED) is 0.643. The molecule has 1 aromatic carbocycles. The van der Waals surface area contributed by atoms with Gasteiger partial charge in [-0.05, 0) is 50.7 Å². The number of anilines is 1. The molecule has 7 rings (SSSR count). The predicted molar refractivity (Wildman–Crippen MR) is 104 cm³/mol. The standard InChI is InChI=1S/C23H31N2O2/c1-3-25-13-6-9-21-10-11-23(17(15-21)19(26)27-2)22(12-14-25,20(21)25)16-7-4-5-8-18(16)24-23/h4-5,7-8,17,20,24H,3,6,9-15H2,1-2H3/q+1/t17-,20-,21-,22-,23+,25-/m0/s1. The number of methoxy groups -OCH3 is 1. The first-order valence-electron chi connectivity index (χ1n) is 10.9. The van der Waals surface area contributed by atoms with E-state index in [-0.39, 0.29) is 22.8 Å². The zero-order valence-electron chi connectivity index (χ0n) is 16.6. The van der Waals surface area contributed by atoms with Crippen LogP contribution in [0.1, 0.15) is 51.0 Å². The molecule has 0 aromatic heterocycles. The van der Waals surface area contributed by atoms with Crippen LogP contribution in [0.3, 0.4) is 0 Å². The number of piperidine rings is 1. The van der Waals surface area contributed by atoms with Gasteiger partial charge in [0.2, 0.25) is 0 Å². The molecule has 3 aliphatic heterocycles. The van der Waals surface area contributed by atoms with Crippen molar-refractivity contribution in [3.63, 3.8) is 0 Å². The molecule has 2 bridgehead atoms. The average Bonchev–Trinajstić information content (AvgIpc) is 3.23. The first kappa shape index (κ1) is 16.4. The van der Waals surface area contributed by atoms with E-state index in [0.29, 0.717) is 11.5 Å². The number of benzene rings is 1. The lowest BCUT2D eigenvalue weighted by atomic mass is 9.38. The summed E-state index contributed by atoms with van der Waals surface area (Å²) >= 11 is 0. The summed E-state index contributed by atoms with van der Waals surface area (Å²) in [6.07, 6.45) is 7.23. The van der Waals surface area contributed by atoms with Crippen LogP contribution in [-0.4, -0.2) is 48.8 Å². The van der Waals surface area contributed by atoms with Gasteiger partial charge in [0.1, 0.15) is 6.04 Å². The molecule has 4 heteroatoms. The maximum absolute atomic E-state index is 13.1. The molecule has 6 atom stereocenters. The van der Waals surface area contributed by atoms with Gasteiger partial charge in [0.15, 0.2) is 0 Å². The minimum absolute atomic E-state index is 0.0132. The fourth-order valence-electron chi connectivity index (χ4n) is 9.07. The highest BCUT2D eigenvalue weighted by atomic mass is 16.5. The van der Waals surface area contributed by atoms with Crippen LogP contribution in [0, 0.1) is 11.3 Å². The Bertz CT molecular complexity index is 839. The first-order valence-corrected chi connectivity index (χ1v) is 10.9. The van der Waals surface area contributed by atoms with Crippen molar-refractivity contribution in [2.45, 2.75) is 62.4 Å². The number of carbonyl (C=O) groups is 1. The van der Waals surface area contributed by atoms with Crippen molar-refractivity contribution in [3.05, 3.63) is 29.8 Å². The summed E-state index contributed by atoms with van der Waals surface area (Å²) in [7, 11) is 1.58. The number of likely N-dealkylation sites (N-methyl/N-ethyl adjacent to an activating group) is 1. The fourth-order valence-corrected chi connectivity index (χ4v) is 9.07. The van der Waals surface area contributed by atoms with Crippen LogP contribution in [0.15, 0.2) is 24.3 Å². The second-order valence-corrected chi connectivity index (χ2v) is 9.99. The van der Waals surface area contributed by atoms with Crippen molar-refractivity contribution in [2.75, 3.05) is 32.1 Å². The Balaban J connectivity index is 1.66. The van der Waals surface area contributed by atoms with Crippen molar-refractivity contribution in [1.29, 1.82) is 0 Å². The van der Waals surface area contributed by atoms with Crippen LogP contribution in [-0.2, 0) is 14.9 Å². The van der Waals surface area contributed by atoms with Crippen LogP contribution in [0.5, 0.6) is 0 Å². The van der Waals surface area contributed by atoms with Crippen LogP contribution in [0.25, 0.3) is 0 Å². The molecular formula is C23H31N2O2+. The third-order valence-corrected chi connectivity index (χ3v) is 9.72. The number of rotatable bonds is 2. The number of hydrogen-bond donors (Lipinski definition) is 1. The summed E-state index contributed by atoms with van der Waals surface area (Å²) in [6, 6.07) is 9.62. The molecule has 3 spiro atoms. The molecular weight excluding hydrogens is 336 g/mol. The van der Waals surface area contributed by atoms with Crippen molar-refractivity contribution >= 4 is 11.7 Å². The summed E-state index contributed by atoms with van der Waals surface area (Å²) < 4.78 is 6.67. The Kier molecular flexibility index (Phi) is 2.97. The number of quaternary nitrogens is 1. The zero-order chi connectivity index (χ0) is 18.5. The Hall–Kier alpha value is -1.55. The van der Waals surface area contributed by atoms with Gasteiger partial charge in [0.25, 0.3) is 0 Å². The van der Waals surface area contributed by atoms with Gasteiger partial charge in [0, 0.05) is 17.5 Å². The van der Waals surface area contributed by atoms with E-state index in [1.165, 1.54) is 61.1 Å². The van der Waals surface area contributed by atoms with Gasteiger partial charge in [-0.1, -0.05) is 18.2 Å². The Morgan fingerprint density at radius 2 is 2.07 bits per heavy atom. The summed E-state index contributed by atoms with van der Waals surface area (Å²) in [5, 5.41) is 3.98. The molecule has 144 valence electrons. The minimum Gasteiger partial charge on any atom is -0.469 e. The lowest BCUT2D eigenvalue weighted by Crippen LogP contribution is -2.80. The van der Waals surface area contributed by atoms with Crippen molar-refractivity contribution < 1.29 is 14.0 Å². The van der Waals surface area contributed by atoms with Gasteiger partial charge in [-0.2, -0.15) is 0 Å². The predicted octanol–water partition coefficient (Wildman–Crippen LogP) is 3.46. The van der Waals surface area contributed by atoms with E-state index < -0.39 is 0 Å². The molecule has 27 heavy (non-hydrogen) atoms. The summed E-state index contributed by atoms with van der Waals surface area (Å²) in [5.74, 6) is -0.00543. The number of ether oxygens (including phenoxy) is 1. The van der Waals surface area contributed by atoms with Crippen LogP contribution < -0.4 is 5.32 Å². The molecule has 1 N–H and O–H groups in total. The van der Waals surface area contributed by atoms with Gasteiger partial charge in [-0.15, -0.1) is 0 Å². The smallest absolute Gasteiger partial charge is 0.311 e. The van der Waals surface area contributed by atoms with E-state index in [4.69, 9.17) is 4.74 Å². The Morgan fingerprint density at radius 3 is 2.89 bits per heavy atom. The lowest BCUT2D eigenvalue weighted by Gasteiger charge is -2.69. The largest absolute Gasteiger partial charge is 0.469 e. The SMILES string of the molecule is CC[N@+]12CCC[C@@]34CC[C@@]5(Nc6ccccc6[C@@]5(CC1)[C@H]32)[C@H](C(=O)OC)C4. The third-order valence-electron chi connectivity index (χ3n) is 9.72. The summed E-state index contributed by atoms with van der Waals surface area (Å²) in [4.78, 5) is 13.1. The highest BCUT2D eigenvalue weighted by molar-refractivity contribution is 5.80. The van der Waals surface area contributed by atoms with Crippen molar-refractivity contribution in [3.8, 4) is 0 Å². The minimum atomic E-state index is -0.150. The van der Waals surface area contributed by atoms with Gasteiger partial charge in [0.05, 0.1) is 43.6 Å². The van der Waals surface area contributed by atoms with Crippen molar-refractivity contribution in [1.82, 2.24) is 0 Å². The van der Waals surface area contributed by atoms with Crippen LogP contribution >= 0.6 is 0 Å². The number of fused-ring (bicyclic) bond motifs is 3. The molecule has 0 unspecified atom stereocenters. The highest BCUT2D eigenvalue weighted by Gasteiger charge is 2.83. The molecule has 6 aliphatic rings. The molecule has 1 aromatic rings. The second-order valence-electron chi connectivity index (χ2n) is 9.99. The second kappa shape index (κ2) is 4.89. The van der Waals surface area contributed by atoms with E-state index in [9.17, 15) is 4.79 Å². The van der Waals surface area contributed by atoms with E-state index in [1.807, 2.05) is 0 Å². The van der Waals surface area contributed by atoms with Gasteiger partial charge >= 0.3 is 5.97 Å². The Morgan fingerprint density at radius 1 is 1.22 bits per heavy atom. The maximum atomic E-state index is 13.1. The van der Waals surface area contributed by atoms with Crippen LogP contribution in [0.2, 0.25) is 0 Å². The fraction of sp³-hybridized carbons (Fsp3) is 0.696. The monoisotopic (exact) mass is 367 g/mol. The first-order chi connectivity index (χ1) is 13.1. The number of hydrogen-bond acceptors (Lipinski definition) is 3. The van der Waals surface area contributed by atoms with Crippen LogP contribution in [0.4, 0.5) is 5.69 Å². The van der Waals surface area contributed by atoms with E-state index >= 15 is 0 Å². The molecule has 3 aliphatic carbocycles. The normalized spacial score (nSPS) is 48.4. The molecule has 0 radical (unpaired) electrons. The van der Waals surface area contributed by atoms with Gasteiger partial charge in [-0.3, -0.25) is 4.79 Å². The molecule has 5 fully saturated rings. The molecule has 0 amide bonds. The van der Waals surface area contributed by atoms with E-state index in [0.717, 1.165) is 12.8 Å². The summed E-state index contributed by atoms with van der Waals surface area (Å²) in [5.41, 5.74) is 3.04. The lowest BCUT2D eigenvalue weighted by molar-refractivity contribution is -0.955. The topological polar surface area (TPSA) is 38.3 Å². The van der Waals surface area contributed by atoms with E-state index in [1.54, 1.807) is 7.11 Å². The zero-order valence-corrected chi connectivity index (χ0v) is 16.6. The van der Waals surface area contributed by atoms with Gasteiger partial charge < -0.3 is 14.5 Å². The number of nitrogens with zero attached hydrogens (tertiary/aromatic N) is 1. The number of para-hydroxylation sites is 1. The Labute approximate surface area is 161 Å². The number of nitrogens with one attached hydrogen (secondary N) is 1. The molecule has 3 heterocycles. The molecule has 3 saturated carbocycles. The molecule has 2 saturated heterocycles. The number of esters is 1. The average molecular weight is 368 g/mol. The summed E-state index contributed by atoms with van der Waals surface area (Å²) in [6.45, 7) is 6.23. The third kappa shape index (κ3) is 1.54. The van der Waals surface area contributed by atoms with Crippen molar-refractivity contribution in [2.24, 2.45) is 11.3 Å².